The molecule has 1 atom stereocenters. The van der Waals surface area contributed by atoms with Gasteiger partial charge in [0, 0.05) is 38.3 Å². The molecule has 0 aromatic carbocycles. The molecule has 22 heavy (non-hydrogen) atoms. The second kappa shape index (κ2) is 7.61. The summed E-state index contributed by atoms with van der Waals surface area (Å²) in [5, 5.41) is 0. The van der Waals surface area contributed by atoms with Crippen LogP contribution in [0, 0.1) is 5.92 Å². The van der Waals surface area contributed by atoms with E-state index in [9.17, 15) is 4.79 Å². The van der Waals surface area contributed by atoms with E-state index in [1.54, 1.807) is 0 Å². The second-order valence-corrected chi connectivity index (χ2v) is 6.76. The lowest BCUT2D eigenvalue weighted by Gasteiger charge is -2.37. The van der Waals surface area contributed by atoms with Gasteiger partial charge in [0.25, 0.3) is 0 Å². The Labute approximate surface area is 134 Å². The number of aryl methyl sites for hydroxylation is 1. The lowest BCUT2D eigenvalue weighted by molar-refractivity contribution is -0.138. The summed E-state index contributed by atoms with van der Waals surface area (Å²) in [6.45, 7) is 4.92. The van der Waals surface area contributed by atoms with Crippen LogP contribution in [0.1, 0.15) is 45.2 Å². The maximum absolute atomic E-state index is 12.4. The van der Waals surface area contributed by atoms with Crippen molar-refractivity contribution in [1.29, 1.82) is 0 Å². The largest absolute Gasteiger partial charge is 0.363 e. The van der Waals surface area contributed by atoms with Crippen LogP contribution in [0.15, 0.2) is 18.2 Å². The number of hydrogen-bond donors (Lipinski definition) is 0. The zero-order chi connectivity index (χ0) is 16.1. The molecule has 0 aliphatic carbocycles. The Kier molecular flexibility index (Phi) is 5.81. The Morgan fingerprint density at radius 2 is 2.14 bits per heavy atom. The van der Waals surface area contributed by atoms with Gasteiger partial charge < -0.3 is 9.80 Å². The summed E-state index contributed by atoms with van der Waals surface area (Å²) in [5.74, 6) is 1.40. The number of carbonyl (C=O) groups is 1. The molecule has 1 fully saturated rings. The lowest BCUT2D eigenvalue weighted by atomic mass is 9.95. The van der Waals surface area contributed by atoms with Crippen LogP contribution in [0.4, 0.5) is 5.82 Å². The molecule has 1 saturated heterocycles. The van der Waals surface area contributed by atoms with Crippen LogP contribution in [0.5, 0.6) is 0 Å². The Bertz CT molecular complexity index is 499. The predicted molar refractivity (Wildman–Crippen MR) is 91.1 cm³/mol. The molecule has 1 aromatic rings. The van der Waals surface area contributed by atoms with Gasteiger partial charge in [-0.3, -0.25) is 4.79 Å². The summed E-state index contributed by atoms with van der Waals surface area (Å²) >= 11 is 0. The van der Waals surface area contributed by atoms with Crippen LogP contribution < -0.4 is 4.90 Å². The van der Waals surface area contributed by atoms with E-state index in [-0.39, 0.29) is 5.92 Å². The summed E-state index contributed by atoms with van der Waals surface area (Å²) in [6.07, 6.45) is 5.46. The Morgan fingerprint density at radius 3 is 2.82 bits per heavy atom. The summed E-state index contributed by atoms with van der Waals surface area (Å²) in [7, 11) is 4.02. The first-order valence-corrected chi connectivity index (χ1v) is 8.42. The molecule has 0 saturated carbocycles. The first kappa shape index (κ1) is 16.8. The fourth-order valence-electron chi connectivity index (χ4n) is 3.09. The van der Waals surface area contributed by atoms with Crippen molar-refractivity contribution in [2.75, 3.05) is 25.5 Å². The minimum Gasteiger partial charge on any atom is -0.363 e. The number of piperidine rings is 1. The van der Waals surface area contributed by atoms with Gasteiger partial charge in [-0.15, -0.1) is 0 Å². The highest BCUT2D eigenvalue weighted by molar-refractivity contribution is 5.78. The molecule has 1 aromatic heterocycles. The molecule has 1 unspecified atom stereocenters. The maximum atomic E-state index is 12.4. The number of likely N-dealkylation sites (tertiary alicyclic amines) is 1. The molecule has 0 N–H and O–H groups in total. The Hall–Kier alpha value is -1.58. The van der Waals surface area contributed by atoms with Gasteiger partial charge in [-0.05, 0) is 44.2 Å². The molecule has 4 heteroatoms. The number of anilines is 1. The van der Waals surface area contributed by atoms with Crippen molar-refractivity contribution < 1.29 is 4.79 Å². The molecule has 0 spiro atoms. The van der Waals surface area contributed by atoms with Crippen molar-refractivity contribution in [3.63, 3.8) is 0 Å². The topological polar surface area (TPSA) is 36.4 Å². The smallest absolute Gasteiger partial charge is 0.225 e. The van der Waals surface area contributed by atoms with Crippen molar-refractivity contribution in [2.24, 2.45) is 5.92 Å². The van der Waals surface area contributed by atoms with Crippen LogP contribution >= 0.6 is 0 Å². The number of amides is 1. The number of carbonyl (C=O) groups excluding carboxylic acids is 1. The SMILES string of the molecule is CC(C)C(=O)N1CCCCC1CCc1cccc(N(C)C)n1. The third kappa shape index (κ3) is 4.21. The molecular formula is C18H29N3O. The summed E-state index contributed by atoms with van der Waals surface area (Å²) in [6, 6.07) is 6.56. The zero-order valence-electron chi connectivity index (χ0n) is 14.4. The lowest BCUT2D eigenvalue weighted by Crippen LogP contribution is -2.45. The van der Waals surface area contributed by atoms with E-state index in [1.165, 1.54) is 6.42 Å². The van der Waals surface area contributed by atoms with Crippen LogP contribution in [0.25, 0.3) is 0 Å². The quantitative estimate of drug-likeness (QED) is 0.838. The zero-order valence-corrected chi connectivity index (χ0v) is 14.4. The fraction of sp³-hybridized carbons (Fsp3) is 0.667. The molecule has 0 radical (unpaired) electrons. The van der Waals surface area contributed by atoms with E-state index < -0.39 is 0 Å². The van der Waals surface area contributed by atoms with Gasteiger partial charge in [0.2, 0.25) is 5.91 Å². The molecule has 1 amide bonds. The monoisotopic (exact) mass is 303 g/mol. The van der Waals surface area contributed by atoms with Gasteiger partial charge in [0.05, 0.1) is 0 Å². The standard InChI is InChI=1S/C18H29N3O/c1-14(2)18(22)21-13-6-5-9-16(21)12-11-15-8-7-10-17(19-15)20(3)4/h7-8,10,14,16H,5-6,9,11-13H2,1-4H3. The summed E-state index contributed by atoms with van der Waals surface area (Å²) in [5.41, 5.74) is 1.12. The number of aromatic nitrogens is 1. The second-order valence-electron chi connectivity index (χ2n) is 6.76. The molecular weight excluding hydrogens is 274 g/mol. The van der Waals surface area contributed by atoms with Crippen LogP contribution in [-0.4, -0.2) is 42.5 Å². The van der Waals surface area contributed by atoms with Gasteiger partial charge in [-0.25, -0.2) is 4.98 Å². The van der Waals surface area contributed by atoms with Crippen molar-refractivity contribution in [3.05, 3.63) is 23.9 Å². The van der Waals surface area contributed by atoms with E-state index in [4.69, 9.17) is 0 Å². The molecule has 2 heterocycles. The van der Waals surface area contributed by atoms with Crippen molar-refractivity contribution in [2.45, 2.75) is 52.0 Å². The predicted octanol–water partition coefficient (Wildman–Crippen LogP) is 3.12. The summed E-state index contributed by atoms with van der Waals surface area (Å²) in [4.78, 5) is 21.2. The molecule has 2 rings (SSSR count). The van der Waals surface area contributed by atoms with Crippen molar-refractivity contribution in [3.8, 4) is 0 Å². The molecule has 0 bridgehead atoms. The minimum absolute atomic E-state index is 0.0933. The first-order valence-electron chi connectivity index (χ1n) is 8.42. The molecule has 4 nitrogen and oxygen atoms in total. The number of hydrogen-bond acceptors (Lipinski definition) is 3. The van der Waals surface area contributed by atoms with Gasteiger partial charge in [0.15, 0.2) is 0 Å². The first-order chi connectivity index (χ1) is 10.5. The van der Waals surface area contributed by atoms with Crippen molar-refractivity contribution in [1.82, 2.24) is 9.88 Å². The van der Waals surface area contributed by atoms with Crippen LogP contribution in [-0.2, 0) is 11.2 Å². The molecule has 1 aliphatic heterocycles. The average Bonchev–Trinajstić information content (AvgIpc) is 2.52. The summed E-state index contributed by atoms with van der Waals surface area (Å²) < 4.78 is 0. The van der Waals surface area contributed by atoms with E-state index >= 15 is 0 Å². The van der Waals surface area contributed by atoms with Gasteiger partial charge in [-0.2, -0.15) is 0 Å². The van der Waals surface area contributed by atoms with E-state index in [2.05, 4.69) is 22.0 Å². The minimum atomic E-state index is 0.0933. The average molecular weight is 303 g/mol. The highest BCUT2D eigenvalue weighted by Gasteiger charge is 2.27. The number of rotatable bonds is 5. The van der Waals surface area contributed by atoms with Crippen molar-refractivity contribution >= 4 is 11.7 Å². The Morgan fingerprint density at radius 1 is 1.36 bits per heavy atom. The van der Waals surface area contributed by atoms with Crippen LogP contribution in [0.2, 0.25) is 0 Å². The fourth-order valence-corrected chi connectivity index (χ4v) is 3.09. The van der Waals surface area contributed by atoms with Gasteiger partial charge in [-0.1, -0.05) is 19.9 Å². The third-order valence-electron chi connectivity index (χ3n) is 4.39. The van der Waals surface area contributed by atoms with Gasteiger partial charge in [0.1, 0.15) is 5.82 Å². The number of nitrogens with zero attached hydrogens (tertiary/aromatic N) is 3. The highest BCUT2D eigenvalue weighted by atomic mass is 16.2. The van der Waals surface area contributed by atoms with E-state index in [0.29, 0.717) is 11.9 Å². The maximum Gasteiger partial charge on any atom is 0.225 e. The van der Waals surface area contributed by atoms with Gasteiger partial charge >= 0.3 is 0 Å². The number of pyridine rings is 1. The van der Waals surface area contributed by atoms with E-state index in [0.717, 1.165) is 43.7 Å². The molecule has 122 valence electrons. The Balaban J connectivity index is 1.99. The third-order valence-corrected chi connectivity index (χ3v) is 4.39. The highest BCUT2D eigenvalue weighted by Crippen LogP contribution is 2.23. The van der Waals surface area contributed by atoms with E-state index in [1.807, 2.05) is 38.9 Å². The normalized spacial score (nSPS) is 18.6. The van der Waals surface area contributed by atoms with Crippen LogP contribution in [0.3, 0.4) is 0 Å². The molecule has 1 aliphatic rings.